The molecule has 1 unspecified atom stereocenters. The zero-order chi connectivity index (χ0) is 17.2. The predicted octanol–water partition coefficient (Wildman–Crippen LogP) is 2.36. The minimum absolute atomic E-state index is 0.0713. The van der Waals surface area contributed by atoms with Crippen molar-refractivity contribution in [2.24, 2.45) is 5.92 Å². The predicted molar refractivity (Wildman–Crippen MR) is 89.7 cm³/mol. The lowest BCUT2D eigenvalue weighted by molar-refractivity contribution is -0.150. The normalized spacial score (nSPS) is 17.6. The van der Waals surface area contributed by atoms with Crippen molar-refractivity contribution in [1.29, 1.82) is 0 Å². The van der Waals surface area contributed by atoms with Crippen molar-refractivity contribution in [3.8, 4) is 0 Å². The van der Waals surface area contributed by atoms with E-state index in [0.29, 0.717) is 13.1 Å². The van der Waals surface area contributed by atoms with Crippen LogP contribution in [0.25, 0.3) is 0 Å². The van der Waals surface area contributed by atoms with Gasteiger partial charge in [0.1, 0.15) is 0 Å². The van der Waals surface area contributed by atoms with Crippen molar-refractivity contribution < 1.29 is 17.4 Å². The molecule has 0 N–H and O–H groups in total. The highest BCUT2D eigenvalue weighted by Crippen LogP contribution is 2.23. The van der Waals surface area contributed by atoms with Gasteiger partial charge in [0.25, 0.3) is 10.1 Å². The summed E-state index contributed by atoms with van der Waals surface area (Å²) in [5.74, 6) is -0.466. The Bertz CT molecular complexity index is 816. The molecule has 1 atom stereocenters. The Labute approximate surface area is 142 Å². The minimum atomic E-state index is -3.82. The van der Waals surface area contributed by atoms with E-state index >= 15 is 0 Å². The standard InChI is InChI=1S/C18H19NO4S/c1-14-7-9-17(10-8-14)24(21,22)23-13-16-12-19(18(16)20)11-15-5-3-2-4-6-15/h2-10,16H,11-13H2,1H3. The number of rotatable bonds is 6. The first-order valence-electron chi connectivity index (χ1n) is 7.74. The van der Waals surface area contributed by atoms with Crippen LogP contribution >= 0.6 is 0 Å². The monoisotopic (exact) mass is 345 g/mol. The fourth-order valence-corrected chi connectivity index (χ4v) is 3.54. The number of aryl methyl sites for hydroxylation is 1. The first kappa shape index (κ1) is 16.7. The molecule has 0 aromatic heterocycles. The fourth-order valence-electron chi connectivity index (χ4n) is 2.59. The summed E-state index contributed by atoms with van der Waals surface area (Å²) in [6, 6.07) is 16.1. The molecule has 0 spiro atoms. The van der Waals surface area contributed by atoms with E-state index in [-0.39, 0.29) is 17.4 Å². The lowest BCUT2D eigenvalue weighted by Crippen LogP contribution is -2.53. The minimum Gasteiger partial charge on any atom is -0.337 e. The maximum Gasteiger partial charge on any atom is 0.296 e. The zero-order valence-corrected chi connectivity index (χ0v) is 14.2. The van der Waals surface area contributed by atoms with Gasteiger partial charge in [-0.15, -0.1) is 0 Å². The lowest BCUT2D eigenvalue weighted by Gasteiger charge is -2.38. The molecule has 1 fully saturated rings. The number of amides is 1. The van der Waals surface area contributed by atoms with Crippen LogP contribution in [-0.2, 0) is 25.6 Å². The summed E-state index contributed by atoms with van der Waals surface area (Å²) in [5, 5.41) is 0. The Morgan fingerprint density at radius 2 is 1.75 bits per heavy atom. The summed E-state index contributed by atoms with van der Waals surface area (Å²) in [6.07, 6.45) is 0. The fraction of sp³-hybridized carbons (Fsp3) is 0.278. The third kappa shape index (κ3) is 3.66. The van der Waals surface area contributed by atoms with E-state index in [9.17, 15) is 13.2 Å². The van der Waals surface area contributed by atoms with Crippen LogP contribution in [-0.4, -0.2) is 32.4 Å². The number of carbonyl (C=O) groups is 1. The van der Waals surface area contributed by atoms with E-state index in [4.69, 9.17) is 4.18 Å². The van der Waals surface area contributed by atoms with Crippen molar-refractivity contribution in [3.63, 3.8) is 0 Å². The van der Waals surface area contributed by atoms with E-state index in [1.54, 1.807) is 17.0 Å². The second-order valence-electron chi connectivity index (χ2n) is 5.95. The third-order valence-corrected chi connectivity index (χ3v) is 5.35. The SMILES string of the molecule is Cc1ccc(S(=O)(=O)OCC2CN(Cc3ccccc3)C2=O)cc1. The van der Waals surface area contributed by atoms with Crippen LogP contribution in [0.5, 0.6) is 0 Å². The van der Waals surface area contributed by atoms with Crippen molar-refractivity contribution in [2.75, 3.05) is 13.2 Å². The van der Waals surface area contributed by atoms with E-state index in [2.05, 4.69) is 0 Å². The third-order valence-electron chi connectivity index (χ3n) is 4.05. The number of likely N-dealkylation sites (tertiary alicyclic amines) is 1. The molecule has 0 radical (unpaired) electrons. The molecule has 3 rings (SSSR count). The quantitative estimate of drug-likeness (QED) is 0.595. The van der Waals surface area contributed by atoms with Gasteiger partial charge in [-0.05, 0) is 24.6 Å². The molecule has 1 amide bonds. The Morgan fingerprint density at radius 1 is 1.08 bits per heavy atom. The average Bonchev–Trinajstić information content (AvgIpc) is 2.58. The van der Waals surface area contributed by atoms with E-state index in [1.807, 2.05) is 37.3 Å². The van der Waals surface area contributed by atoms with Crippen LogP contribution in [0.4, 0.5) is 0 Å². The summed E-state index contributed by atoms with van der Waals surface area (Å²) >= 11 is 0. The van der Waals surface area contributed by atoms with Crippen molar-refractivity contribution in [2.45, 2.75) is 18.4 Å². The Morgan fingerprint density at radius 3 is 2.38 bits per heavy atom. The molecule has 6 heteroatoms. The van der Waals surface area contributed by atoms with Crippen molar-refractivity contribution in [1.82, 2.24) is 4.90 Å². The number of hydrogen-bond acceptors (Lipinski definition) is 4. The van der Waals surface area contributed by atoms with Gasteiger partial charge in [-0.25, -0.2) is 0 Å². The number of carbonyl (C=O) groups excluding carboxylic acids is 1. The topological polar surface area (TPSA) is 63.7 Å². The number of β-lactam (4-membered cyclic amide) rings is 1. The van der Waals surface area contributed by atoms with Gasteiger partial charge >= 0.3 is 0 Å². The zero-order valence-electron chi connectivity index (χ0n) is 13.4. The second kappa shape index (κ2) is 6.75. The molecule has 1 saturated heterocycles. The van der Waals surface area contributed by atoms with Gasteiger partial charge in [-0.2, -0.15) is 8.42 Å². The Kier molecular flexibility index (Phi) is 4.69. The summed E-state index contributed by atoms with van der Waals surface area (Å²) in [7, 11) is -3.82. The maximum atomic E-state index is 12.1. The highest BCUT2D eigenvalue weighted by atomic mass is 32.2. The molecular weight excluding hydrogens is 326 g/mol. The van der Waals surface area contributed by atoms with Gasteiger partial charge in [0.05, 0.1) is 17.4 Å². The summed E-state index contributed by atoms with van der Waals surface area (Å²) in [5.41, 5.74) is 2.03. The Hall–Kier alpha value is -2.18. The molecule has 5 nitrogen and oxygen atoms in total. The van der Waals surface area contributed by atoms with Gasteiger partial charge in [-0.3, -0.25) is 8.98 Å². The van der Waals surface area contributed by atoms with Crippen LogP contribution in [0.15, 0.2) is 59.5 Å². The van der Waals surface area contributed by atoms with Gasteiger partial charge in [0, 0.05) is 13.1 Å². The molecule has 24 heavy (non-hydrogen) atoms. The van der Waals surface area contributed by atoms with Gasteiger partial charge in [-0.1, -0.05) is 48.0 Å². The highest BCUT2D eigenvalue weighted by Gasteiger charge is 2.37. The van der Waals surface area contributed by atoms with Crippen LogP contribution in [0.1, 0.15) is 11.1 Å². The van der Waals surface area contributed by atoms with Crippen LogP contribution < -0.4 is 0 Å². The molecule has 2 aromatic carbocycles. The molecule has 0 saturated carbocycles. The molecule has 2 aromatic rings. The van der Waals surface area contributed by atoms with Gasteiger partial charge < -0.3 is 4.90 Å². The van der Waals surface area contributed by atoms with Crippen molar-refractivity contribution in [3.05, 3.63) is 65.7 Å². The van der Waals surface area contributed by atoms with E-state index in [1.165, 1.54) is 12.1 Å². The smallest absolute Gasteiger partial charge is 0.296 e. The second-order valence-corrected chi connectivity index (χ2v) is 7.57. The molecule has 1 aliphatic heterocycles. The van der Waals surface area contributed by atoms with Crippen LogP contribution in [0.2, 0.25) is 0 Å². The van der Waals surface area contributed by atoms with Crippen molar-refractivity contribution >= 4 is 16.0 Å². The largest absolute Gasteiger partial charge is 0.337 e. The van der Waals surface area contributed by atoms with Gasteiger partial charge in [0.2, 0.25) is 5.91 Å². The van der Waals surface area contributed by atoms with Crippen LogP contribution in [0, 0.1) is 12.8 Å². The Balaban J connectivity index is 1.53. The maximum absolute atomic E-state index is 12.1. The molecule has 1 aliphatic rings. The first-order valence-corrected chi connectivity index (χ1v) is 9.15. The molecule has 0 bridgehead atoms. The number of hydrogen-bond donors (Lipinski definition) is 0. The summed E-state index contributed by atoms with van der Waals surface area (Å²) in [6.45, 7) is 2.82. The molecular formula is C18H19NO4S. The van der Waals surface area contributed by atoms with E-state index < -0.39 is 16.0 Å². The highest BCUT2D eigenvalue weighted by molar-refractivity contribution is 7.86. The molecule has 0 aliphatic carbocycles. The molecule has 1 heterocycles. The summed E-state index contributed by atoms with van der Waals surface area (Å²) < 4.78 is 29.3. The first-order chi connectivity index (χ1) is 11.5. The average molecular weight is 345 g/mol. The van der Waals surface area contributed by atoms with Crippen LogP contribution in [0.3, 0.4) is 0 Å². The number of benzene rings is 2. The van der Waals surface area contributed by atoms with Gasteiger partial charge in [0.15, 0.2) is 0 Å². The lowest BCUT2D eigenvalue weighted by atomic mass is 9.99. The number of nitrogens with zero attached hydrogens (tertiary/aromatic N) is 1. The molecule has 126 valence electrons. The van der Waals surface area contributed by atoms with E-state index in [0.717, 1.165) is 11.1 Å². The summed E-state index contributed by atoms with van der Waals surface area (Å²) in [4.78, 5) is 13.9.